The van der Waals surface area contributed by atoms with Crippen molar-refractivity contribution in [1.82, 2.24) is 15.3 Å². The number of fused-ring (bicyclic) bond motifs is 1. The third-order valence-electron chi connectivity index (χ3n) is 5.67. The Morgan fingerprint density at radius 3 is 2.38 bits per heavy atom. The molecule has 3 N–H and O–H groups in total. The van der Waals surface area contributed by atoms with E-state index in [0.29, 0.717) is 28.7 Å². The van der Waals surface area contributed by atoms with Gasteiger partial charge in [-0.15, -0.1) is 0 Å². The molecule has 1 saturated carbocycles. The summed E-state index contributed by atoms with van der Waals surface area (Å²) in [6.45, 7) is 0. The fraction of sp³-hybridized carbons (Fsp3) is 0.333. The third-order valence-corrected chi connectivity index (χ3v) is 5.89. The van der Waals surface area contributed by atoms with E-state index >= 15 is 0 Å². The quantitative estimate of drug-likeness (QED) is 0.502. The third kappa shape index (κ3) is 5.24. The molecule has 1 fully saturated rings. The maximum Gasteiger partial charge on any atom is 0.225 e. The van der Waals surface area contributed by atoms with Gasteiger partial charge in [0, 0.05) is 37.3 Å². The molecule has 0 amide bonds. The Bertz CT molecular complexity index is 1130. The molecule has 0 spiro atoms. The first-order valence-electron chi connectivity index (χ1n) is 10.8. The lowest BCUT2D eigenvalue weighted by atomic mass is 9.91. The van der Waals surface area contributed by atoms with Crippen molar-refractivity contribution in [2.75, 3.05) is 29.6 Å². The van der Waals surface area contributed by atoms with Gasteiger partial charge in [-0.25, -0.2) is 4.98 Å². The average Bonchev–Trinajstić information content (AvgIpc) is 2.80. The van der Waals surface area contributed by atoms with Crippen LogP contribution in [0.15, 0.2) is 48.5 Å². The Labute approximate surface area is 193 Å². The lowest BCUT2D eigenvalue weighted by molar-refractivity contribution is 0.387. The van der Waals surface area contributed by atoms with Crippen LogP contribution in [-0.2, 0) is 0 Å². The number of thiocarbonyl (C=S) groups is 1. The summed E-state index contributed by atoms with van der Waals surface area (Å²) >= 11 is 5.47. The van der Waals surface area contributed by atoms with E-state index < -0.39 is 0 Å². The SMILES string of the molecule is CN(C)c1nc(NC2CCC(NC(=S)Nc3ccc(C#N)cc3)CC2)nc2ccccc12. The maximum absolute atomic E-state index is 8.90. The molecule has 1 aromatic heterocycles. The van der Waals surface area contributed by atoms with Crippen LogP contribution in [0, 0.1) is 11.3 Å². The number of hydrogen-bond acceptors (Lipinski definition) is 6. The van der Waals surface area contributed by atoms with Crippen LogP contribution in [0.5, 0.6) is 0 Å². The summed E-state index contributed by atoms with van der Waals surface area (Å²) in [5.74, 6) is 1.61. The van der Waals surface area contributed by atoms with Crippen LogP contribution in [0.3, 0.4) is 0 Å². The second-order valence-corrected chi connectivity index (χ2v) is 8.67. The number of nitrogens with one attached hydrogen (secondary N) is 3. The second-order valence-electron chi connectivity index (χ2n) is 8.26. The van der Waals surface area contributed by atoms with E-state index in [4.69, 9.17) is 27.4 Å². The number of rotatable bonds is 5. The summed E-state index contributed by atoms with van der Waals surface area (Å²) < 4.78 is 0. The highest BCUT2D eigenvalue weighted by Crippen LogP contribution is 2.26. The summed E-state index contributed by atoms with van der Waals surface area (Å²) in [7, 11) is 4.01. The largest absolute Gasteiger partial charge is 0.362 e. The summed E-state index contributed by atoms with van der Waals surface area (Å²) in [4.78, 5) is 11.5. The zero-order valence-electron chi connectivity index (χ0n) is 18.3. The molecule has 7 nitrogen and oxygen atoms in total. The van der Waals surface area contributed by atoms with E-state index in [0.717, 1.165) is 48.1 Å². The minimum Gasteiger partial charge on any atom is -0.362 e. The molecule has 3 aromatic rings. The second kappa shape index (κ2) is 9.79. The molecule has 1 heterocycles. The normalized spacial score (nSPS) is 17.9. The Morgan fingerprint density at radius 1 is 1.00 bits per heavy atom. The van der Waals surface area contributed by atoms with Crippen LogP contribution in [0.2, 0.25) is 0 Å². The molecule has 164 valence electrons. The molecule has 0 saturated heterocycles. The summed E-state index contributed by atoms with van der Waals surface area (Å²) in [5, 5.41) is 20.7. The first kappa shape index (κ1) is 21.8. The highest BCUT2D eigenvalue weighted by atomic mass is 32.1. The van der Waals surface area contributed by atoms with Crippen LogP contribution in [0.25, 0.3) is 10.9 Å². The van der Waals surface area contributed by atoms with Gasteiger partial charge in [0.25, 0.3) is 0 Å². The number of anilines is 3. The van der Waals surface area contributed by atoms with Crippen molar-refractivity contribution < 1.29 is 0 Å². The fourth-order valence-electron chi connectivity index (χ4n) is 4.01. The Kier molecular flexibility index (Phi) is 6.66. The predicted molar refractivity (Wildman–Crippen MR) is 134 cm³/mol. The molecular formula is C24H27N7S. The van der Waals surface area contributed by atoms with Crippen molar-refractivity contribution in [1.29, 1.82) is 5.26 Å². The van der Waals surface area contributed by atoms with Gasteiger partial charge in [0.15, 0.2) is 5.11 Å². The molecule has 0 aliphatic heterocycles. The predicted octanol–water partition coefficient (Wildman–Crippen LogP) is 4.28. The van der Waals surface area contributed by atoms with Crippen LogP contribution >= 0.6 is 12.2 Å². The molecule has 1 aliphatic rings. The topological polar surface area (TPSA) is 88.9 Å². The first-order valence-corrected chi connectivity index (χ1v) is 11.2. The number of aromatic nitrogens is 2. The van der Waals surface area contributed by atoms with Gasteiger partial charge in [-0.05, 0) is 74.3 Å². The molecule has 2 aromatic carbocycles. The van der Waals surface area contributed by atoms with Crippen LogP contribution < -0.4 is 20.9 Å². The van der Waals surface area contributed by atoms with Crippen LogP contribution in [0.1, 0.15) is 31.2 Å². The van der Waals surface area contributed by atoms with Gasteiger partial charge in [0.1, 0.15) is 5.82 Å². The summed E-state index contributed by atoms with van der Waals surface area (Å²) in [5.41, 5.74) is 2.46. The standard InChI is InChI=1S/C24H27N7S/c1-31(2)22-20-5-3-4-6-21(20)29-23(30-22)26-17-11-13-19(14-12-17)28-24(32)27-18-9-7-16(15-25)8-10-18/h3-10,17,19H,11-14H2,1-2H3,(H,26,29,30)(H2,27,28,32). The van der Waals surface area contributed by atoms with Gasteiger partial charge in [0.2, 0.25) is 5.95 Å². The van der Waals surface area contributed by atoms with E-state index in [1.807, 2.05) is 49.3 Å². The lowest BCUT2D eigenvalue weighted by Gasteiger charge is -2.30. The maximum atomic E-state index is 8.90. The smallest absolute Gasteiger partial charge is 0.225 e. The van der Waals surface area contributed by atoms with Gasteiger partial charge in [0.05, 0.1) is 17.1 Å². The fourth-order valence-corrected chi connectivity index (χ4v) is 4.30. The van der Waals surface area contributed by atoms with E-state index in [-0.39, 0.29) is 0 Å². The number of nitriles is 1. The number of hydrogen-bond donors (Lipinski definition) is 3. The van der Waals surface area contributed by atoms with Gasteiger partial charge in [-0.1, -0.05) is 12.1 Å². The van der Waals surface area contributed by atoms with Gasteiger partial charge in [-0.2, -0.15) is 10.2 Å². The van der Waals surface area contributed by atoms with E-state index in [1.165, 1.54) is 0 Å². The minimum absolute atomic E-state index is 0.335. The van der Waals surface area contributed by atoms with E-state index in [2.05, 4.69) is 28.1 Å². The first-order chi connectivity index (χ1) is 15.5. The van der Waals surface area contributed by atoms with E-state index in [9.17, 15) is 0 Å². The molecule has 4 rings (SSSR count). The van der Waals surface area contributed by atoms with Crippen molar-refractivity contribution in [3.63, 3.8) is 0 Å². The van der Waals surface area contributed by atoms with Crippen LogP contribution in [0.4, 0.5) is 17.5 Å². The molecule has 8 heteroatoms. The number of nitrogens with zero attached hydrogens (tertiary/aromatic N) is 4. The van der Waals surface area contributed by atoms with Crippen molar-refractivity contribution >= 4 is 45.7 Å². The van der Waals surface area contributed by atoms with Gasteiger partial charge >= 0.3 is 0 Å². The van der Waals surface area contributed by atoms with Crippen molar-refractivity contribution in [3.05, 3.63) is 54.1 Å². The van der Waals surface area contributed by atoms with Crippen LogP contribution in [-0.4, -0.2) is 41.3 Å². The zero-order valence-corrected chi connectivity index (χ0v) is 19.1. The Hall–Kier alpha value is -3.44. The van der Waals surface area contributed by atoms with Crippen molar-refractivity contribution in [3.8, 4) is 6.07 Å². The Balaban J connectivity index is 1.31. The molecule has 1 aliphatic carbocycles. The molecule has 0 unspecified atom stereocenters. The summed E-state index contributed by atoms with van der Waals surface area (Å²) in [6.07, 6.45) is 4.07. The average molecular weight is 446 g/mol. The monoisotopic (exact) mass is 445 g/mol. The molecule has 0 radical (unpaired) electrons. The lowest BCUT2D eigenvalue weighted by Crippen LogP contribution is -2.42. The molecular weight excluding hydrogens is 418 g/mol. The van der Waals surface area contributed by atoms with Gasteiger partial charge < -0.3 is 20.9 Å². The highest BCUT2D eigenvalue weighted by Gasteiger charge is 2.22. The minimum atomic E-state index is 0.335. The summed E-state index contributed by atoms with van der Waals surface area (Å²) in [6, 6.07) is 18.2. The van der Waals surface area contributed by atoms with Gasteiger partial charge in [-0.3, -0.25) is 0 Å². The number of para-hydroxylation sites is 1. The molecule has 0 bridgehead atoms. The van der Waals surface area contributed by atoms with E-state index in [1.54, 1.807) is 12.1 Å². The number of benzene rings is 2. The van der Waals surface area contributed by atoms with Crippen molar-refractivity contribution in [2.45, 2.75) is 37.8 Å². The molecule has 0 atom stereocenters. The zero-order chi connectivity index (χ0) is 22.5. The Morgan fingerprint density at radius 2 is 1.69 bits per heavy atom. The van der Waals surface area contributed by atoms with Crippen molar-refractivity contribution in [2.24, 2.45) is 0 Å². The highest BCUT2D eigenvalue weighted by molar-refractivity contribution is 7.80. The molecule has 32 heavy (non-hydrogen) atoms.